The monoisotopic (exact) mass is 252 g/mol. The third-order valence-electron chi connectivity index (χ3n) is 3.44. The lowest BCUT2D eigenvalue weighted by molar-refractivity contribution is -0.00120. The van der Waals surface area contributed by atoms with Crippen LogP contribution in [0, 0.1) is 6.92 Å². The lowest BCUT2D eigenvalue weighted by atomic mass is 10.0. The molecule has 0 fully saturated rings. The molecule has 1 heterocycles. The van der Waals surface area contributed by atoms with E-state index < -0.39 is 6.10 Å². The van der Waals surface area contributed by atoms with Gasteiger partial charge in [-0.25, -0.2) is 4.98 Å². The second kappa shape index (κ2) is 5.85. The number of hydrogen-bond acceptors (Lipinski definition) is 3. The lowest BCUT2D eigenvalue weighted by Crippen LogP contribution is -2.25. The third-order valence-corrected chi connectivity index (χ3v) is 3.44. The molecule has 4 nitrogen and oxygen atoms in total. The summed E-state index contributed by atoms with van der Waals surface area (Å²) in [7, 11) is 0. The standard InChI is InChI=1S/C14H24N2O2/c1-10(2)18-9-12(17)8-16-11(3)15-13-6-4-5-7-14(13)16/h10,12,17H,4-9H2,1-3H3. The van der Waals surface area contributed by atoms with Crippen molar-refractivity contribution >= 4 is 0 Å². The zero-order chi connectivity index (χ0) is 13.1. The zero-order valence-electron chi connectivity index (χ0n) is 11.6. The average Bonchev–Trinajstić information content (AvgIpc) is 2.64. The van der Waals surface area contributed by atoms with Crippen LogP contribution in [0.1, 0.15) is 43.9 Å². The molecule has 102 valence electrons. The average molecular weight is 252 g/mol. The first-order valence-corrected chi connectivity index (χ1v) is 6.92. The molecule has 0 aliphatic heterocycles. The largest absolute Gasteiger partial charge is 0.389 e. The fraction of sp³-hybridized carbons (Fsp3) is 0.786. The fourth-order valence-corrected chi connectivity index (χ4v) is 2.54. The summed E-state index contributed by atoms with van der Waals surface area (Å²) < 4.78 is 7.62. The van der Waals surface area contributed by atoms with Crippen molar-refractivity contribution in [2.45, 2.75) is 65.2 Å². The molecule has 1 aliphatic carbocycles. The molecular weight excluding hydrogens is 228 g/mol. The number of aryl methyl sites for hydroxylation is 2. The highest BCUT2D eigenvalue weighted by atomic mass is 16.5. The van der Waals surface area contributed by atoms with E-state index in [0.29, 0.717) is 13.2 Å². The van der Waals surface area contributed by atoms with Crippen molar-refractivity contribution in [1.82, 2.24) is 9.55 Å². The van der Waals surface area contributed by atoms with E-state index >= 15 is 0 Å². The Labute approximate surface area is 109 Å². The normalized spacial score (nSPS) is 16.9. The van der Waals surface area contributed by atoms with Gasteiger partial charge in [-0.1, -0.05) is 0 Å². The van der Waals surface area contributed by atoms with Crippen molar-refractivity contribution in [2.24, 2.45) is 0 Å². The van der Waals surface area contributed by atoms with Gasteiger partial charge in [0.1, 0.15) is 5.82 Å². The van der Waals surface area contributed by atoms with E-state index in [2.05, 4.69) is 9.55 Å². The van der Waals surface area contributed by atoms with E-state index in [-0.39, 0.29) is 6.10 Å². The fourth-order valence-electron chi connectivity index (χ4n) is 2.54. The second-order valence-electron chi connectivity index (χ2n) is 5.41. The van der Waals surface area contributed by atoms with E-state index in [1.807, 2.05) is 20.8 Å². The van der Waals surface area contributed by atoms with Crippen LogP contribution < -0.4 is 0 Å². The molecule has 0 aromatic carbocycles. The Hall–Kier alpha value is -0.870. The molecule has 0 bridgehead atoms. The Morgan fingerprint density at radius 3 is 2.78 bits per heavy atom. The highest BCUT2D eigenvalue weighted by Gasteiger charge is 2.19. The maximum absolute atomic E-state index is 10.0. The first kappa shape index (κ1) is 13.6. The molecule has 0 radical (unpaired) electrons. The first-order valence-electron chi connectivity index (χ1n) is 6.92. The van der Waals surface area contributed by atoms with Crippen LogP contribution >= 0.6 is 0 Å². The molecule has 4 heteroatoms. The van der Waals surface area contributed by atoms with Crippen molar-refractivity contribution < 1.29 is 9.84 Å². The minimum Gasteiger partial charge on any atom is -0.389 e. The Morgan fingerprint density at radius 1 is 1.33 bits per heavy atom. The maximum Gasteiger partial charge on any atom is 0.106 e. The number of aliphatic hydroxyl groups is 1. The summed E-state index contributed by atoms with van der Waals surface area (Å²) >= 11 is 0. The molecule has 1 unspecified atom stereocenters. The second-order valence-corrected chi connectivity index (χ2v) is 5.41. The van der Waals surface area contributed by atoms with Crippen LogP contribution in [0.4, 0.5) is 0 Å². The number of ether oxygens (including phenoxy) is 1. The van der Waals surface area contributed by atoms with Gasteiger partial charge in [-0.2, -0.15) is 0 Å². The van der Waals surface area contributed by atoms with Crippen molar-refractivity contribution in [2.75, 3.05) is 6.61 Å². The number of nitrogens with zero attached hydrogens (tertiary/aromatic N) is 2. The molecule has 1 aliphatic rings. The minimum atomic E-state index is -0.452. The molecule has 18 heavy (non-hydrogen) atoms. The van der Waals surface area contributed by atoms with Crippen LogP contribution in [0.25, 0.3) is 0 Å². The smallest absolute Gasteiger partial charge is 0.106 e. The summed E-state index contributed by atoms with van der Waals surface area (Å²) in [5.74, 6) is 1.02. The topological polar surface area (TPSA) is 47.3 Å². The highest BCUT2D eigenvalue weighted by molar-refractivity contribution is 5.20. The van der Waals surface area contributed by atoms with Crippen molar-refractivity contribution in [3.8, 4) is 0 Å². The first-order chi connectivity index (χ1) is 8.58. The molecule has 0 saturated heterocycles. The Kier molecular flexibility index (Phi) is 4.40. The zero-order valence-corrected chi connectivity index (χ0v) is 11.6. The summed E-state index contributed by atoms with van der Waals surface area (Å²) in [5, 5.41) is 10.0. The van der Waals surface area contributed by atoms with Crippen LogP contribution in [0.5, 0.6) is 0 Å². The van der Waals surface area contributed by atoms with Gasteiger partial charge in [0.2, 0.25) is 0 Å². The van der Waals surface area contributed by atoms with Gasteiger partial charge < -0.3 is 14.4 Å². The quantitative estimate of drug-likeness (QED) is 0.870. The number of aliphatic hydroxyl groups excluding tert-OH is 1. The van der Waals surface area contributed by atoms with Gasteiger partial charge in [0.15, 0.2) is 0 Å². The van der Waals surface area contributed by atoms with E-state index in [9.17, 15) is 5.11 Å². The molecule has 1 aromatic rings. The summed E-state index contributed by atoms with van der Waals surface area (Å²) in [4.78, 5) is 4.61. The summed E-state index contributed by atoms with van der Waals surface area (Å²) in [6.07, 6.45) is 4.36. The van der Waals surface area contributed by atoms with E-state index in [4.69, 9.17) is 4.74 Å². The maximum atomic E-state index is 10.0. The van der Waals surface area contributed by atoms with Gasteiger partial charge in [-0.05, 0) is 46.5 Å². The predicted octanol–water partition coefficient (Wildman–Crippen LogP) is 1.86. The molecule has 1 atom stereocenters. The van der Waals surface area contributed by atoms with Crippen LogP contribution in [0.3, 0.4) is 0 Å². The van der Waals surface area contributed by atoms with Crippen LogP contribution in [0.2, 0.25) is 0 Å². The van der Waals surface area contributed by atoms with Gasteiger partial charge in [-0.15, -0.1) is 0 Å². The van der Waals surface area contributed by atoms with E-state index in [1.54, 1.807) is 0 Å². The van der Waals surface area contributed by atoms with Crippen LogP contribution in [-0.2, 0) is 24.1 Å². The van der Waals surface area contributed by atoms with Crippen LogP contribution in [0.15, 0.2) is 0 Å². The number of rotatable bonds is 5. The third kappa shape index (κ3) is 3.12. The minimum absolute atomic E-state index is 0.164. The van der Waals surface area contributed by atoms with Crippen molar-refractivity contribution in [3.05, 3.63) is 17.2 Å². The SMILES string of the molecule is Cc1nc2c(n1CC(O)COC(C)C)CCCC2. The molecule has 0 saturated carbocycles. The lowest BCUT2D eigenvalue weighted by Gasteiger charge is -2.18. The molecule has 1 aromatic heterocycles. The Bertz CT molecular complexity index is 399. The van der Waals surface area contributed by atoms with Gasteiger partial charge in [-0.3, -0.25) is 0 Å². The predicted molar refractivity (Wildman–Crippen MR) is 70.7 cm³/mol. The van der Waals surface area contributed by atoms with E-state index in [1.165, 1.54) is 24.2 Å². The van der Waals surface area contributed by atoms with Gasteiger partial charge in [0.25, 0.3) is 0 Å². The number of aromatic nitrogens is 2. The number of imidazole rings is 1. The van der Waals surface area contributed by atoms with Crippen molar-refractivity contribution in [3.63, 3.8) is 0 Å². The number of hydrogen-bond donors (Lipinski definition) is 1. The highest BCUT2D eigenvalue weighted by Crippen LogP contribution is 2.22. The van der Waals surface area contributed by atoms with E-state index in [0.717, 1.165) is 18.7 Å². The van der Waals surface area contributed by atoms with Crippen molar-refractivity contribution in [1.29, 1.82) is 0 Å². The number of fused-ring (bicyclic) bond motifs is 1. The van der Waals surface area contributed by atoms with Gasteiger partial charge in [0.05, 0.1) is 31.1 Å². The molecule has 2 rings (SSSR count). The molecular formula is C14H24N2O2. The molecule has 1 N–H and O–H groups in total. The molecule has 0 spiro atoms. The van der Waals surface area contributed by atoms with Crippen LogP contribution in [-0.4, -0.2) is 33.5 Å². The Morgan fingerprint density at radius 2 is 2.06 bits per heavy atom. The summed E-state index contributed by atoms with van der Waals surface area (Å²) in [6.45, 7) is 6.98. The summed E-state index contributed by atoms with van der Waals surface area (Å²) in [5.41, 5.74) is 2.55. The summed E-state index contributed by atoms with van der Waals surface area (Å²) in [6, 6.07) is 0. The molecule has 0 amide bonds. The Balaban J connectivity index is 2.02. The van der Waals surface area contributed by atoms with Gasteiger partial charge >= 0.3 is 0 Å². The van der Waals surface area contributed by atoms with Gasteiger partial charge in [0, 0.05) is 5.69 Å².